The van der Waals surface area contributed by atoms with Crippen LogP contribution in [0.4, 0.5) is 0 Å². The number of unbranched alkanes of at least 4 members (excludes halogenated alkanes) is 2. The summed E-state index contributed by atoms with van der Waals surface area (Å²) in [5.41, 5.74) is 0. The maximum absolute atomic E-state index is 10.8. The van der Waals surface area contributed by atoms with E-state index >= 15 is 0 Å². The van der Waals surface area contributed by atoms with Crippen molar-refractivity contribution in [2.24, 2.45) is 0 Å². The van der Waals surface area contributed by atoms with Crippen molar-refractivity contribution < 1.29 is 25.9 Å². The molecule has 8 heteroatoms. The van der Waals surface area contributed by atoms with E-state index in [9.17, 15) is 16.8 Å². The summed E-state index contributed by atoms with van der Waals surface area (Å²) in [6.07, 6.45) is 2.13. The van der Waals surface area contributed by atoms with Gasteiger partial charge in [0.25, 0.3) is 20.2 Å². The molecular weight excluding hydrogens is 244 g/mol. The molecule has 0 aliphatic rings. The van der Waals surface area contributed by atoms with Crippen LogP contribution in [0.3, 0.4) is 0 Å². The molecule has 15 heavy (non-hydrogen) atoms. The predicted octanol–water partition coefficient (Wildman–Crippen LogP) is 0.711. The average molecular weight is 260 g/mol. The molecule has 92 valence electrons. The third-order valence-corrected chi connectivity index (χ3v) is 4.23. The van der Waals surface area contributed by atoms with Crippen LogP contribution in [0.1, 0.15) is 32.6 Å². The van der Waals surface area contributed by atoms with E-state index in [1.807, 2.05) is 6.92 Å². The molecule has 0 aromatic heterocycles. The van der Waals surface area contributed by atoms with E-state index in [1.165, 1.54) is 0 Å². The van der Waals surface area contributed by atoms with Crippen LogP contribution in [-0.2, 0) is 20.2 Å². The minimum Gasteiger partial charge on any atom is -0.286 e. The zero-order valence-electron chi connectivity index (χ0n) is 8.46. The lowest BCUT2D eigenvalue weighted by Gasteiger charge is -2.11. The summed E-state index contributed by atoms with van der Waals surface area (Å²) in [5.74, 6) is -0.949. The Morgan fingerprint density at radius 3 is 1.93 bits per heavy atom. The summed E-state index contributed by atoms with van der Waals surface area (Å²) >= 11 is 0. The van der Waals surface area contributed by atoms with E-state index in [1.54, 1.807) is 0 Å². The molecule has 0 fully saturated rings. The number of hydrogen-bond donors (Lipinski definition) is 2. The van der Waals surface area contributed by atoms with Crippen LogP contribution in [0.5, 0.6) is 0 Å². The molecule has 0 radical (unpaired) electrons. The van der Waals surface area contributed by atoms with Crippen molar-refractivity contribution >= 4 is 20.2 Å². The lowest BCUT2D eigenvalue weighted by molar-refractivity contribution is 0.450. The van der Waals surface area contributed by atoms with Gasteiger partial charge in [0.2, 0.25) is 0 Å². The lowest BCUT2D eigenvalue weighted by atomic mass is 10.2. The topological polar surface area (TPSA) is 109 Å². The Bertz CT molecular complexity index is 368. The normalized spacial score (nSPS) is 15.1. The monoisotopic (exact) mass is 260 g/mol. The molecule has 0 aromatic rings. The standard InChI is InChI=1S/C7H16O6S2/c1-2-3-4-5-7(15(11,12)13)6-14(8,9)10/h7H,2-6H2,1H3,(H,8,9,10)(H,11,12,13). The molecular formula is C7H16O6S2. The van der Waals surface area contributed by atoms with Crippen LogP contribution in [-0.4, -0.2) is 36.9 Å². The van der Waals surface area contributed by atoms with Crippen molar-refractivity contribution in [3.63, 3.8) is 0 Å². The highest BCUT2D eigenvalue weighted by Gasteiger charge is 2.27. The van der Waals surface area contributed by atoms with E-state index in [0.717, 1.165) is 12.8 Å². The smallest absolute Gasteiger partial charge is 0.268 e. The van der Waals surface area contributed by atoms with Crippen LogP contribution in [0.2, 0.25) is 0 Å². The highest BCUT2D eigenvalue weighted by molar-refractivity contribution is 7.90. The van der Waals surface area contributed by atoms with Crippen LogP contribution in [0.15, 0.2) is 0 Å². The summed E-state index contributed by atoms with van der Waals surface area (Å²) in [7, 11) is -8.80. The fourth-order valence-corrected chi connectivity index (χ4v) is 3.48. The van der Waals surface area contributed by atoms with Gasteiger partial charge in [0.1, 0.15) is 5.25 Å². The molecule has 0 spiro atoms. The van der Waals surface area contributed by atoms with E-state index in [2.05, 4.69) is 0 Å². The van der Waals surface area contributed by atoms with Gasteiger partial charge in [-0.25, -0.2) is 0 Å². The van der Waals surface area contributed by atoms with Gasteiger partial charge in [-0.3, -0.25) is 9.11 Å². The van der Waals surface area contributed by atoms with Crippen LogP contribution < -0.4 is 0 Å². The van der Waals surface area contributed by atoms with Crippen molar-refractivity contribution in [3.05, 3.63) is 0 Å². The van der Waals surface area contributed by atoms with E-state index in [0.29, 0.717) is 6.42 Å². The third kappa shape index (κ3) is 7.71. The molecule has 2 N–H and O–H groups in total. The second kappa shape index (κ2) is 5.78. The maximum Gasteiger partial charge on any atom is 0.268 e. The molecule has 1 atom stereocenters. The quantitative estimate of drug-likeness (QED) is 0.515. The van der Waals surface area contributed by atoms with Gasteiger partial charge in [0.05, 0.1) is 5.75 Å². The van der Waals surface area contributed by atoms with Crippen LogP contribution >= 0.6 is 0 Å². The number of hydrogen-bond acceptors (Lipinski definition) is 4. The first kappa shape index (κ1) is 14.8. The Morgan fingerprint density at radius 1 is 1.07 bits per heavy atom. The minimum absolute atomic E-state index is 0.0342. The highest BCUT2D eigenvalue weighted by atomic mass is 32.2. The summed E-state index contributed by atoms with van der Waals surface area (Å²) in [6.45, 7) is 1.91. The molecule has 0 aliphatic heterocycles. The first-order valence-electron chi connectivity index (χ1n) is 4.58. The highest BCUT2D eigenvalue weighted by Crippen LogP contribution is 2.12. The summed E-state index contributed by atoms with van der Waals surface area (Å²) in [4.78, 5) is 0. The second-order valence-corrected chi connectivity index (χ2v) is 6.58. The van der Waals surface area contributed by atoms with Gasteiger partial charge in [-0.05, 0) is 6.42 Å². The van der Waals surface area contributed by atoms with Gasteiger partial charge in [-0.2, -0.15) is 16.8 Å². The molecule has 0 rings (SSSR count). The first-order chi connectivity index (χ1) is 6.67. The summed E-state index contributed by atoms with van der Waals surface area (Å²) < 4.78 is 59.8. The minimum atomic E-state index is -4.42. The van der Waals surface area contributed by atoms with Gasteiger partial charge < -0.3 is 0 Å². The van der Waals surface area contributed by atoms with Crippen LogP contribution in [0, 0.1) is 0 Å². The molecule has 0 saturated heterocycles. The Kier molecular flexibility index (Phi) is 5.71. The fraction of sp³-hybridized carbons (Fsp3) is 1.00. The largest absolute Gasteiger partial charge is 0.286 e. The molecule has 0 saturated carbocycles. The fourth-order valence-electron chi connectivity index (χ4n) is 1.18. The van der Waals surface area contributed by atoms with Gasteiger partial charge in [-0.1, -0.05) is 26.2 Å². The van der Waals surface area contributed by atoms with Gasteiger partial charge in [-0.15, -0.1) is 0 Å². The molecule has 0 aliphatic carbocycles. The second-order valence-electron chi connectivity index (χ2n) is 3.38. The van der Waals surface area contributed by atoms with Crippen LogP contribution in [0.25, 0.3) is 0 Å². The summed E-state index contributed by atoms with van der Waals surface area (Å²) in [6, 6.07) is 0. The number of rotatable bonds is 7. The lowest BCUT2D eigenvalue weighted by Crippen LogP contribution is -2.29. The molecule has 0 bridgehead atoms. The van der Waals surface area contributed by atoms with Crippen molar-refractivity contribution in [3.8, 4) is 0 Å². The van der Waals surface area contributed by atoms with E-state index < -0.39 is 31.2 Å². The van der Waals surface area contributed by atoms with Crippen molar-refractivity contribution in [2.75, 3.05) is 5.75 Å². The molecule has 0 aromatic carbocycles. The van der Waals surface area contributed by atoms with Crippen molar-refractivity contribution in [1.82, 2.24) is 0 Å². The molecule has 0 amide bonds. The zero-order chi connectivity index (χ0) is 12.1. The Labute approximate surface area is 90.2 Å². The van der Waals surface area contributed by atoms with Gasteiger partial charge in [0, 0.05) is 0 Å². The molecule has 0 heterocycles. The van der Waals surface area contributed by atoms with Gasteiger partial charge in [0.15, 0.2) is 0 Å². The maximum atomic E-state index is 10.8. The zero-order valence-corrected chi connectivity index (χ0v) is 10.1. The summed E-state index contributed by atoms with van der Waals surface area (Å²) in [5, 5.41) is -1.43. The Morgan fingerprint density at radius 2 is 1.60 bits per heavy atom. The first-order valence-corrected chi connectivity index (χ1v) is 7.69. The van der Waals surface area contributed by atoms with E-state index in [4.69, 9.17) is 9.11 Å². The SMILES string of the molecule is CCCCCC(CS(=O)(=O)O)S(=O)(=O)O. The Hall–Kier alpha value is -0.180. The molecule has 1 unspecified atom stereocenters. The average Bonchev–Trinajstić information content (AvgIpc) is 1.99. The van der Waals surface area contributed by atoms with Gasteiger partial charge >= 0.3 is 0 Å². The third-order valence-electron chi connectivity index (χ3n) is 1.95. The van der Waals surface area contributed by atoms with Crippen molar-refractivity contribution in [2.45, 2.75) is 37.9 Å². The Balaban J connectivity index is 4.48. The molecule has 6 nitrogen and oxygen atoms in total. The predicted molar refractivity (Wildman–Crippen MR) is 55.9 cm³/mol. The van der Waals surface area contributed by atoms with Crippen molar-refractivity contribution in [1.29, 1.82) is 0 Å². The van der Waals surface area contributed by atoms with E-state index in [-0.39, 0.29) is 6.42 Å².